The van der Waals surface area contributed by atoms with Gasteiger partial charge in [-0.05, 0) is 24.6 Å². The summed E-state index contributed by atoms with van der Waals surface area (Å²) >= 11 is 2.99. The van der Waals surface area contributed by atoms with Crippen LogP contribution in [-0.2, 0) is 6.18 Å². The molecule has 1 aliphatic heterocycles. The lowest BCUT2D eigenvalue weighted by atomic mass is 10.1. The summed E-state index contributed by atoms with van der Waals surface area (Å²) in [6.07, 6.45) is -3.94. The molecule has 1 aromatic rings. The van der Waals surface area contributed by atoms with Crippen LogP contribution in [0.4, 0.5) is 13.2 Å². The summed E-state index contributed by atoms with van der Waals surface area (Å²) in [6, 6.07) is 3.38. The molecule has 0 bridgehead atoms. The highest BCUT2D eigenvalue weighted by Gasteiger charge is 2.37. The molecule has 1 fully saturated rings. The van der Waals surface area contributed by atoms with Crippen LogP contribution in [0.2, 0.25) is 0 Å². The zero-order valence-corrected chi connectivity index (χ0v) is 12.7. The molecule has 2 rings (SSSR count). The smallest absolute Gasteiger partial charge is 0.337 e. The first-order valence-corrected chi connectivity index (χ1v) is 6.50. The second kappa shape index (κ2) is 6.32. The largest absolute Gasteiger partial charge is 0.417 e. The summed E-state index contributed by atoms with van der Waals surface area (Å²) in [7, 11) is 0. The highest BCUT2D eigenvalue weighted by molar-refractivity contribution is 9.10. The van der Waals surface area contributed by atoms with Gasteiger partial charge >= 0.3 is 6.18 Å². The molecule has 0 spiro atoms. The van der Waals surface area contributed by atoms with Gasteiger partial charge in [-0.25, -0.2) is 0 Å². The van der Waals surface area contributed by atoms with Gasteiger partial charge in [0.15, 0.2) is 0 Å². The second-order valence-corrected chi connectivity index (χ2v) is 5.40. The molecule has 112 valence electrons. The number of nitrogens with two attached hydrogens (primary N) is 1. The van der Waals surface area contributed by atoms with E-state index in [2.05, 4.69) is 15.9 Å². The zero-order chi connectivity index (χ0) is 14.2. The topological polar surface area (TPSA) is 46.3 Å². The van der Waals surface area contributed by atoms with Gasteiger partial charge in [0.1, 0.15) is 0 Å². The minimum atomic E-state index is -4.56. The Morgan fingerprint density at radius 1 is 1.40 bits per heavy atom. The molecule has 1 aliphatic rings. The van der Waals surface area contributed by atoms with Crippen molar-refractivity contribution in [3.8, 4) is 0 Å². The second-order valence-electron chi connectivity index (χ2n) is 4.49. The number of rotatable bonds is 1. The Balaban J connectivity index is 0.00000200. The number of nitrogens with zero attached hydrogens (tertiary/aromatic N) is 1. The fraction of sp³-hybridized carbons (Fsp3) is 0.417. The van der Waals surface area contributed by atoms with Gasteiger partial charge < -0.3 is 10.6 Å². The van der Waals surface area contributed by atoms with Gasteiger partial charge in [0.25, 0.3) is 5.91 Å². The van der Waals surface area contributed by atoms with E-state index < -0.39 is 17.6 Å². The van der Waals surface area contributed by atoms with Crippen LogP contribution in [0.3, 0.4) is 0 Å². The highest BCUT2D eigenvalue weighted by Crippen LogP contribution is 2.34. The summed E-state index contributed by atoms with van der Waals surface area (Å²) in [5.41, 5.74) is 4.41. The van der Waals surface area contributed by atoms with E-state index in [9.17, 15) is 18.0 Å². The van der Waals surface area contributed by atoms with Gasteiger partial charge in [-0.1, -0.05) is 15.9 Å². The molecule has 20 heavy (non-hydrogen) atoms. The van der Waals surface area contributed by atoms with Crippen LogP contribution in [0.5, 0.6) is 0 Å². The molecular weight excluding hydrogens is 360 g/mol. The third-order valence-corrected chi connectivity index (χ3v) is 3.52. The molecule has 0 unspecified atom stereocenters. The van der Waals surface area contributed by atoms with Crippen molar-refractivity contribution in [3.05, 3.63) is 33.8 Å². The maximum Gasteiger partial charge on any atom is 0.417 e. The minimum absolute atomic E-state index is 0. The van der Waals surface area contributed by atoms with E-state index in [1.165, 1.54) is 17.0 Å². The molecule has 3 nitrogen and oxygen atoms in total. The minimum Gasteiger partial charge on any atom is -0.337 e. The first-order chi connectivity index (χ1) is 8.79. The van der Waals surface area contributed by atoms with E-state index in [1.54, 1.807) is 0 Å². The first-order valence-electron chi connectivity index (χ1n) is 5.70. The van der Waals surface area contributed by atoms with Crippen LogP contribution in [0, 0.1) is 0 Å². The maximum atomic E-state index is 12.9. The Morgan fingerprint density at radius 2 is 2.05 bits per heavy atom. The SMILES string of the molecule is Cl.N[C@@H]1CCN(C(=O)c2ccc(Br)cc2C(F)(F)F)C1. The summed E-state index contributed by atoms with van der Waals surface area (Å²) in [5, 5.41) is 0. The lowest BCUT2D eigenvalue weighted by molar-refractivity contribution is -0.138. The van der Waals surface area contributed by atoms with Crippen molar-refractivity contribution in [2.75, 3.05) is 13.1 Å². The summed E-state index contributed by atoms with van der Waals surface area (Å²) < 4.78 is 39.1. The molecule has 1 amide bonds. The monoisotopic (exact) mass is 372 g/mol. The third kappa shape index (κ3) is 3.65. The molecular formula is C12H13BrClF3N2O. The lowest BCUT2D eigenvalue weighted by Crippen LogP contribution is -2.33. The van der Waals surface area contributed by atoms with Gasteiger partial charge in [-0.3, -0.25) is 4.79 Å². The maximum absolute atomic E-state index is 12.9. The fourth-order valence-electron chi connectivity index (χ4n) is 2.08. The molecule has 0 saturated carbocycles. The van der Waals surface area contributed by atoms with Crippen molar-refractivity contribution in [3.63, 3.8) is 0 Å². The number of hydrogen-bond acceptors (Lipinski definition) is 2. The van der Waals surface area contributed by atoms with Crippen LogP contribution in [0.1, 0.15) is 22.3 Å². The van der Waals surface area contributed by atoms with Crippen LogP contribution < -0.4 is 5.73 Å². The molecule has 2 N–H and O–H groups in total. The third-order valence-electron chi connectivity index (χ3n) is 3.03. The van der Waals surface area contributed by atoms with Crippen molar-refractivity contribution in [2.24, 2.45) is 5.73 Å². The van der Waals surface area contributed by atoms with Gasteiger partial charge in [0, 0.05) is 23.6 Å². The van der Waals surface area contributed by atoms with Gasteiger partial charge in [0.2, 0.25) is 0 Å². The number of carbonyl (C=O) groups excluding carboxylic acids is 1. The molecule has 0 aromatic heterocycles. The number of carbonyl (C=O) groups is 1. The Kier molecular flexibility index (Phi) is 5.46. The predicted octanol–water partition coefficient (Wildman–Crippen LogP) is 3.06. The molecule has 0 aliphatic carbocycles. The van der Waals surface area contributed by atoms with Crippen molar-refractivity contribution < 1.29 is 18.0 Å². The molecule has 8 heteroatoms. The highest BCUT2D eigenvalue weighted by atomic mass is 79.9. The molecule has 1 aromatic carbocycles. The van der Waals surface area contributed by atoms with Gasteiger partial charge in [-0.2, -0.15) is 13.2 Å². The number of alkyl halides is 3. The summed E-state index contributed by atoms with van der Waals surface area (Å²) in [6.45, 7) is 0.694. The standard InChI is InChI=1S/C12H12BrF3N2O.ClH/c13-7-1-2-9(10(5-7)12(14,15)16)11(19)18-4-3-8(17)6-18;/h1-2,5,8H,3-4,6,17H2;1H/t8-;/m1./s1. The zero-order valence-electron chi connectivity index (χ0n) is 10.3. The molecule has 1 heterocycles. The van der Waals surface area contributed by atoms with Crippen LogP contribution in [0.15, 0.2) is 22.7 Å². The van der Waals surface area contributed by atoms with Crippen molar-refractivity contribution >= 4 is 34.2 Å². The van der Waals surface area contributed by atoms with E-state index in [-0.39, 0.29) is 28.5 Å². The summed E-state index contributed by atoms with van der Waals surface area (Å²) in [4.78, 5) is 13.5. The van der Waals surface area contributed by atoms with Gasteiger partial charge in [-0.15, -0.1) is 12.4 Å². The van der Waals surface area contributed by atoms with Crippen LogP contribution in [-0.4, -0.2) is 29.9 Å². The first kappa shape index (κ1) is 17.3. The number of hydrogen-bond donors (Lipinski definition) is 1. The van der Waals surface area contributed by atoms with Crippen LogP contribution >= 0.6 is 28.3 Å². The lowest BCUT2D eigenvalue weighted by Gasteiger charge is -2.19. The van der Waals surface area contributed by atoms with Crippen molar-refractivity contribution in [2.45, 2.75) is 18.6 Å². The predicted molar refractivity (Wildman–Crippen MR) is 74.9 cm³/mol. The Hall–Kier alpha value is -0.790. The van der Waals surface area contributed by atoms with E-state index >= 15 is 0 Å². The molecule has 1 saturated heterocycles. The van der Waals surface area contributed by atoms with E-state index in [4.69, 9.17) is 5.73 Å². The van der Waals surface area contributed by atoms with Crippen LogP contribution in [0.25, 0.3) is 0 Å². The van der Waals surface area contributed by atoms with Crippen molar-refractivity contribution in [1.29, 1.82) is 0 Å². The van der Waals surface area contributed by atoms with E-state index in [0.29, 0.717) is 19.5 Å². The number of likely N-dealkylation sites (tertiary alicyclic amines) is 1. The number of benzene rings is 1. The average Bonchev–Trinajstić information content (AvgIpc) is 2.74. The Morgan fingerprint density at radius 3 is 2.55 bits per heavy atom. The number of amides is 1. The Bertz CT molecular complexity index is 510. The van der Waals surface area contributed by atoms with Crippen molar-refractivity contribution in [1.82, 2.24) is 4.90 Å². The average molecular weight is 374 g/mol. The molecule has 0 radical (unpaired) electrons. The van der Waals surface area contributed by atoms with E-state index in [0.717, 1.165) is 6.07 Å². The van der Waals surface area contributed by atoms with E-state index in [1.807, 2.05) is 0 Å². The number of halogens is 5. The summed E-state index contributed by atoms with van der Waals surface area (Å²) in [5.74, 6) is -0.618. The van der Waals surface area contributed by atoms with Gasteiger partial charge in [0.05, 0.1) is 11.1 Å². The Labute approximate surface area is 128 Å². The normalized spacial score (nSPS) is 18.9. The molecule has 1 atom stereocenters. The fourth-order valence-corrected chi connectivity index (χ4v) is 2.44. The quantitative estimate of drug-likeness (QED) is 0.822.